The number of fused-ring (bicyclic) bond motifs is 2. The minimum Gasteiger partial charge on any atom is -0.486 e. The summed E-state index contributed by atoms with van der Waals surface area (Å²) in [6.45, 7) is 6.16. The maximum absolute atomic E-state index is 13.5. The van der Waals surface area contributed by atoms with Crippen LogP contribution in [0.5, 0.6) is 11.5 Å². The van der Waals surface area contributed by atoms with Crippen LogP contribution in [0.1, 0.15) is 34.0 Å². The Bertz CT molecular complexity index is 1590. The maximum atomic E-state index is 13.5. The number of carbonyl (C=O) groups excluding carboxylic acids is 3. The van der Waals surface area contributed by atoms with Crippen molar-refractivity contribution in [3.05, 3.63) is 82.9 Å². The maximum Gasteiger partial charge on any atom is 0.338 e. The Hall–Kier alpha value is -4.83. The molecule has 3 aromatic rings. The van der Waals surface area contributed by atoms with E-state index in [2.05, 4.69) is 22.6 Å². The molecular formula is C33H34N4O6. The largest absolute Gasteiger partial charge is 0.486 e. The van der Waals surface area contributed by atoms with Gasteiger partial charge in [0.25, 0.3) is 5.91 Å². The van der Waals surface area contributed by atoms with Crippen LogP contribution in [0.3, 0.4) is 0 Å². The molecule has 0 spiro atoms. The van der Waals surface area contributed by atoms with Gasteiger partial charge < -0.3 is 34.6 Å². The highest BCUT2D eigenvalue weighted by Gasteiger charge is 2.30. The molecule has 43 heavy (non-hydrogen) atoms. The van der Waals surface area contributed by atoms with Gasteiger partial charge >= 0.3 is 5.97 Å². The number of anilines is 2. The Morgan fingerprint density at radius 2 is 1.63 bits per heavy atom. The lowest BCUT2D eigenvalue weighted by Crippen LogP contribution is -2.47. The zero-order valence-corrected chi connectivity index (χ0v) is 24.3. The Morgan fingerprint density at radius 1 is 0.907 bits per heavy atom. The zero-order chi connectivity index (χ0) is 29.9. The Morgan fingerprint density at radius 3 is 2.37 bits per heavy atom. The van der Waals surface area contributed by atoms with Crippen molar-refractivity contribution in [1.82, 2.24) is 9.80 Å². The van der Waals surface area contributed by atoms with Crippen molar-refractivity contribution >= 4 is 40.4 Å². The van der Waals surface area contributed by atoms with Gasteiger partial charge in [0.05, 0.1) is 35.5 Å². The van der Waals surface area contributed by atoms with Gasteiger partial charge in [-0.25, -0.2) is 4.79 Å². The van der Waals surface area contributed by atoms with Crippen LogP contribution >= 0.6 is 0 Å². The summed E-state index contributed by atoms with van der Waals surface area (Å²) in [5.41, 5.74) is 4.93. The Labute approximate surface area is 250 Å². The lowest BCUT2D eigenvalue weighted by Gasteiger charge is -2.32. The van der Waals surface area contributed by atoms with Crippen LogP contribution in [0.2, 0.25) is 0 Å². The van der Waals surface area contributed by atoms with E-state index in [4.69, 9.17) is 14.2 Å². The number of ether oxygens (including phenoxy) is 3. The predicted octanol–water partition coefficient (Wildman–Crippen LogP) is 3.88. The molecule has 3 aromatic carbocycles. The molecule has 6 rings (SSSR count). The van der Waals surface area contributed by atoms with E-state index in [0.29, 0.717) is 59.2 Å². The first-order chi connectivity index (χ1) is 20.9. The fraction of sp³-hybridized carbons (Fsp3) is 0.303. The van der Waals surface area contributed by atoms with E-state index in [-0.39, 0.29) is 18.4 Å². The number of amides is 2. The summed E-state index contributed by atoms with van der Waals surface area (Å²) in [6, 6.07) is 18.3. The molecule has 2 N–H and O–H groups in total. The van der Waals surface area contributed by atoms with Gasteiger partial charge in [0.2, 0.25) is 5.91 Å². The monoisotopic (exact) mass is 582 g/mol. The smallest absolute Gasteiger partial charge is 0.338 e. The molecular weight excluding hydrogens is 548 g/mol. The number of likely N-dealkylation sites (N-methyl/N-ethyl adjacent to an activating group) is 1. The molecule has 2 amide bonds. The molecule has 3 aliphatic rings. The van der Waals surface area contributed by atoms with Gasteiger partial charge in [0.15, 0.2) is 11.5 Å². The molecule has 0 bridgehead atoms. The molecule has 10 heteroatoms. The Balaban J connectivity index is 1.32. The number of piperazine rings is 1. The number of hydrogen-bond donors (Lipinski definition) is 2. The summed E-state index contributed by atoms with van der Waals surface area (Å²) in [4.78, 5) is 42.8. The molecule has 3 heterocycles. The first-order valence-electron chi connectivity index (χ1n) is 14.5. The first-order valence-corrected chi connectivity index (χ1v) is 14.5. The Kier molecular flexibility index (Phi) is 8.02. The second-order valence-corrected chi connectivity index (χ2v) is 10.7. The van der Waals surface area contributed by atoms with E-state index < -0.39 is 5.97 Å². The summed E-state index contributed by atoms with van der Waals surface area (Å²) >= 11 is 0. The zero-order valence-electron chi connectivity index (χ0n) is 24.3. The van der Waals surface area contributed by atoms with E-state index in [1.165, 1.54) is 0 Å². The van der Waals surface area contributed by atoms with Crippen LogP contribution < -0.4 is 20.1 Å². The van der Waals surface area contributed by atoms with Crippen LogP contribution in [0.15, 0.2) is 60.7 Å². The van der Waals surface area contributed by atoms with Crippen LogP contribution in [0.25, 0.3) is 11.3 Å². The number of benzene rings is 3. The van der Waals surface area contributed by atoms with Crippen LogP contribution in [-0.2, 0) is 20.7 Å². The van der Waals surface area contributed by atoms with E-state index in [1.54, 1.807) is 25.1 Å². The van der Waals surface area contributed by atoms with Crippen molar-refractivity contribution in [2.45, 2.75) is 13.3 Å². The highest BCUT2D eigenvalue weighted by atomic mass is 16.6. The number of esters is 1. The quantitative estimate of drug-likeness (QED) is 0.319. The van der Waals surface area contributed by atoms with Gasteiger partial charge in [-0.1, -0.05) is 18.2 Å². The van der Waals surface area contributed by atoms with Gasteiger partial charge in [0, 0.05) is 43.0 Å². The highest BCUT2D eigenvalue weighted by molar-refractivity contribution is 6.37. The summed E-state index contributed by atoms with van der Waals surface area (Å²) in [5, 5.41) is 6.35. The van der Waals surface area contributed by atoms with Gasteiger partial charge in [-0.3, -0.25) is 9.59 Å². The van der Waals surface area contributed by atoms with E-state index in [1.807, 2.05) is 47.4 Å². The third-order valence-corrected chi connectivity index (χ3v) is 7.79. The molecule has 0 unspecified atom stereocenters. The molecule has 0 aromatic heterocycles. The van der Waals surface area contributed by atoms with Crippen molar-refractivity contribution in [3.8, 4) is 11.5 Å². The van der Waals surface area contributed by atoms with E-state index in [0.717, 1.165) is 43.0 Å². The third kappa shape index (κ3) is 6.05. The summed E-state index contributed by atoms with van der Waals surface area (Å²) < 4.78 is 16.7. The van der Waals surface area contributed by atoms with Crippen molar-refractivity contribution in [2.24, 2.45) is 0 Å². The molecule has 0 aliphatic carbocycles. The first kappa shape index (κ1) is 28.3. The van der Waals surface area contributed by atoms with Gasteiger partial charge in [-0.2, -0.15) is 0 Å². The molecule has 222 valence electrons. The summed E-state index contributed by atoms with van der Waals surface area (Å²) in [6.07, 6.45) is 0.332. The average molecular weight is 583 g/mol. The third-order valence-electron chi connectivity index (χ3n) is 7.79. The second-order valence-electron chi connectivity index (χ2n) is 10.7. The van der Waals surface area contributed by atoms with Gasteiger partial charge in [0.1, 0.15) is 13.2 Å². The van der Waals surface area contributed by atoms with Gasteiger partial charge in [-0.05, 0) is 62.0 Å². The fourth-order valence-electron chi connectivity index (χ4n) is 5.43. The average Bonchev–Trinajstić information content (AvgIpc) is 3.35. The molecule has 1 saturated heterocycles. The molecule has 10 nitrogen and oxygen atoms in total. The molecule has 0 saturated carbocycles. The highest BCUT2D eigenvalue weighted by Crippen LogP contribution is 2.40. The van der Waals surface area contributed by atoms with E-state index in [9.17, 15) is 14.4 Å². The number of hydrogen-bond acceptors (Lipinski definition) is 8. The van der Waals surface area contributed by atoms with Crippen LogP contribution in [0.4, 0.5) is 11.4 Å². The standard InChI is InChI=1S/C33H34N4O6/c1-3-41-33(40)23-6-10-25-26(19-23)35-32(39)30(25)31(22-7-11-27-28(20-22)43-17-16-42-27)34-24-8-4-21(5-9-24)18-29(38)37-14-12-36(2)13-15-37/h4-11,19-20,34H,3,12-18H2,1-2H3,(H,35,39). The van der Waals surface area contributed by atoms with Crippen molar-refractivity contribution in [1.29, 1.82) is 0 Å². The van der Waals surface area contributed by atoms with Crippen molar-refractivity contribution < 1.29 is 28.6 Å². The summed E-state index contributed by atoms with van der Waals surface area (Å²) in [7, 11) is 2.07. The molecule has 3 aliphatic heterocycles. The summed E-state index contributed by atoms with van der Waals surface area (Å²) in [5.74, 6) is 0.604. The second kappa shape index (κ2) is 12.2. The normalized spacial score (nSPS) is 17.2. The number of nitrogens with one attached hydrogen (secondary N) is 2. The van der Waals surface area contributed by atoms with E-state index >= 15 is 0 Å². The topological polar surface area (TPSA) is 109 Å². The van der Waals surface area contributed by atoms with Crippen LogP contribution in [-0.4, -0.2) is 80.6 Å². The minimum atomic E-state index is -0.451. The SMILES string of the molecule is CCOC(=O)c1ccc2c(c1)NC(=O)C2=C(Nc1ccc(CC(=O)N2CCN(C)CC2)cc1)c1ccc2c(c1)OCCO2. The lowest BCUT2D eigenvalue weighted by atomic mass is 9.98. The van der Waals surface area contributed by atoms with Crippen LogP contribution in [0, 0.1) is 0 Å². The fourth-order valence-corrected chi connectivity index (χ4v) is 5.43. The lowest BCUT2D eigenvalue weighted by molar-refractivity contribution is -0.132. The number of carbonyl (C=O) groups is 3. The van der Waals surface area contributed by atoms with Gasteiger partial charge in [-0.15, -0.1) is 0 Å². The molecule has 0 radical (unpaired) electrons. The number of rotatable bonds is 7. The molecule has 1 fully saturated rings. The predicted molar refractivity (Wildman–Crippen MR) is 163 cm³/mol. The van der Waals surface area contributed by atoms with Crippen molar-refractivity contribution in [2.75, 3.05) is 63.7 Å². The van der Waals surface area contributed by atoms with Crippen molar-refractivity contribution in [3.63, 3.8) is 0 Å². The molecule has 0 atom stereocenters. The number of nitrogens with zero attached hydrogens (tertiary/aromatic N) is 2. The minimum absolute atomic E-state index is 0.120.